The first-order chi connectivity index (χ1) is 21.1. The number of ether oxygens (including phenoxy) is 3. The van der Waals surface area contributed by atoms with E-state index < -0.39 is 46.4 Å². The molecule has 1 aliphatic heterocycles. The number of carbonyl (C=O) groups excluding carboxylic acids is 3. The molecule has 0 radical (unpaired) electrons. The molecule has 0 saturated carbocycles. The van der Waals surface area contributed by atoms with Crippen molar-refractivity contribution in [1.29, 1.82) is 0 Å². The fourth-order valence-electron chi connectivity index (χ4n) is 4.57. The van der Waals surface area contributed by atoms with Gasteiger partial charge < -0.3 is 29.2 Å². The van der Waals surface area contributed by atoms with E-state index in [0.29, 0.717) is 25.1 Å². The maximum atomic E-state index is 13.9. The van der Waals surface area contributed by atoms with Crippen LogP contribution in [-0.2, 0) is 16.1 Å². The molecule has 1 saturated heterocycles. The second-order valence-electron chi connectivity index (χ2n) is 11.3. The SMILES string of the molecule is CC(C)(C)C(=O)Oc1c(C(=O)N(CCO)CCOc2ccccc2)nc([C@@H]2CCCN2C(=O)OCc2ccccc2)[nH]c1=O. The number of amides is 2. The van der Waals surface area contributed by atoms with E-state index in [1.807, 2.05) is 48.5 Å². The molecule has 44 heavy (non-hydrogen) atoms. The average molecular weight is 607 g/mol. The molecule has 2 amide bonds. The summed E-state index contributed by atoms with van der Waals surface area (Å²) in [6, 6.07) is 17.6. The lowest BCUT2D eigenvalue weighted by Gasteiger charge is -2.26. The normalized spacial score (nSPS) is 14.6. The molecule has 3 aromatic rings. The highest BCUT2D eigenvalue weighted by atomic mass is 16.6. The van der Waals surface area contributed by atoms with Crippen LogP contribution < -0.4 is 15.0 Å². The Morgan fingerprint density at radius 1 is 1.05 bits per heavy atom. The van der Waals surface area contributed by atoms with E-state index >= 15 is 0 Å². The van der Waals surface area contributed by atoms with E-state index in [2.05, 4.69) is 9.97 Å². The maximum absolute atomic E-state index is 13.9. The Hall–Kier alpha value is -4.71. The zero-order valence-electron chi connectivity index (χ0n) is 25.2. The highest BCUT2D eigenvalue weighted by molar-refractivity contribution is 5.96. The number of nitrogens with one attached hydrogen (secondary N) is 1. The van der Waals surface area contributed by atoms with Gasteiger partial charge >= 0.3 is 12.1 Å². The number of H-pyrrole nitrogens is 1. The average Bonchev–Trinajstić information content (AvgIpc) is 3.51. The van der Waals surface area contributed by atoms with E-state index in [1.54, 1.807) is 32.9 Å². The third-order valence-corrected chi connectivity index (χ3v) is 6.94. The van der Waals surface area contributed by atoms with Gasteiger partial charge in [-0.1, -0.05) is 48.5 Å². The van der Waals surface area contributed by atoms with E-state index in [4.69, 9.17) is 14.2 Å². The Bertz CT molecular complexity index is 1490. The van der Waals surface area contributed by atoms with Crippen LogP contribution in [0, 0.1) is 5.41 Å². The van der Waals surface area contributed by atoms with Crippen LogP contribution in [-0.4, -0.2) is 75.7 Å². The molecule has 0 unspecified atom stereocenters. The summed E-state index contributed by atoms with van der Waals surface area (Å²) < 4.78 is 16.7. The smallest absolute Gasteiger partial charge is 0.410 e. The van der Waals surface area contributed by atoms with E-state index in [0.717, 1.165) is 5.56 Å². The first kappa shape index (κ1) is 32.2. The third kappa shape index (κ3) is 8.22. The van der Waals surface area contributed by atoms with Gasteiger partial charge in [-0.2, -0.15) is 0 Å². The molecule has 0 aliphatic carbocycles. The number of aromatic amines is 1. The Balaban J connectivity index is 1.62. The highest BCUT2D eigenvalue weighted by Gasteiger charge is 2.36. The molecule has 234 valence electrons. The van der Waals surface area contributed by atoms with Gasteiger partial charge in [0.2, 0.25) is 5.75 Å². The van der Waals surface area contributed by atoms with Crippen LogP contribution in [0.2, 0.25) is 0 Å². The zero-order chi connectivity index (χ0) is 31.7. The number of benzene rings is 2. The zero-order valence-corrected chi connectivity index (χ0v) is 25.2. The first-order valence-corrected chi connectivity index (χ1v) is 14.5. The summed E-state index contributed by atoms with van der Waals surface area (Å²) in [6.45, 7) is 4.95. The van der Waals surface area contributed by atoms with Crippen molar-refractivity contribution in [2.45, 2.75) is 46.3 Å². The predicted octanol–water partition coefficient (Wildman–Crippen LogP) is 3.71. The molecule has 1 fully saturated rings. The molecule has 2 N–H and O–H groups in total. The van der Waals surface area contributed by atoms with Crippen LogP contribution in [0.15, 0.2) is 65.5 Å². The van der Waals surface area contributed by atoms with E-state index in [-0.39, 0.29) is 38.7 Å². The summed E-state index contributed by atoms with van der Waals surface area (Å²) in [5, 5.41) is 9.71. The molecule has 0 spiro atoms. The summed E-state index contributed by atoms with van der Waals surface area (Å²) in [5.41, 5.74) is -1.41. The van der Waals surface area contributed by atoms with E-state index in [9.17, 15) is 24.3 Å². The number of rotatable bonds is 11. The van der Waals surface area contributed by atoms with Crippen LogP contribution >= 0.6 is 0 Å². The maximum Gasteiger partial charge on any atom is 0.410 e. The summed E-state index contributed by atoms with van der Waals surface area (Å²) in [5.74, 6) is -1.37. The van der Waals surface area contributed by atoms with Gasteiger partial charge in [-0.25, -0.2) is 9.78 Å². The number of esters is 1. The quantitative estimate of drug-likeness (QED) is 0.311. The summed E-state index contributed by atoms with van der Waals surface area (Å²) >= 11 is 0. The fourth-order valence-corrected chi connectivity index (χ4v) is 4.57. The lowest BCUT2D eigenvalue weighted by Crippen LogP contribution is -2.40. The van der Waals surface area contributed by atoms with Crippen molar-refractivity contribution in [3.8, 4) is 11.5 Å². The first-order valence-electron chi connectivity index (χ1n) is 14.5. The Morgan fingerprint density at radius 3 is 2.39 bits per heavy atom. The standard InChI is InChI=1S/C32H38N4O8/c1-32(2,3)30(40)44-26-25(29(39)35(17-19-37)18-20-42-23-13-8-5-9-14-23)33-27(34-28(26)38)24-15-10-16-36(24)31(41)43-21-22-11-6-4-7-12-22/h4-9,11-14,24,37H,10,15-21H2,1-3H3,(H,33,34,38)/t24-/m0/s1. The second kappa shape index (κ2) is 14.6. The van der Waals surface area contributed by atoms with Gasteiger partial charge in [0.1, 0.15) is 24.8 Å². The molecule has 12 nitrogen and oxygen atoms in total. The molecular weight excluding hydrogens is 568 g/mol. The largest absolute Gasteiger partial charge is 0.492 e. The molecular formula is C32H38N4O8. The number of para-hydroxylation sites is 1. The van der Waals surface area contributed by atoms with Crippen molar-refractivity contribution in [2.75, 3.05) is 32.8 Å². The second-order valence-corrected chi connectivity index (χ2v) is 11.3. The minimum Gasteiger partial charge on any atom is -0.492 e. The van der Waals surface area contributed by atoms with Crippen molar-refractivity contribution in [2.24, 2.45) is 5.41 Å². The van der Waals surface area contributed by atoms with Crippen LogP contribution in [0.1, 0.15) is 61.5 Å². The molecule has 4 rings (SSSR count). The number of aromatic nitrogens is 2. The van der Waals surface area contributed by atoms with Gasteiger partial charge in [0.05, 0.1) is 24.6 Å². The van der Waals surface area contributed by atoms with Crippen molar-refractivity contribution >= 4 is 18.0 Å². The van der Waals surface area contributed by atoms with Crippen molar-refractivity contribution in [1.82, 2.24) is 19.8 Å². The number of likely N-dealkylation sites (tertiary alicyclic amines) is 1. The third-order valence-electron chi connectivity index (χ3n) is 6.94. The highest BCUT2D eigenvalue weighted by Crippen LogP contribution is 2.31. The molecule has 1 atom stereocenters. The number of hydrogen-bond donors (Lipinski definition) is 2. The number of carbonyl (C=O) groups is 3. The Kier molecular flexibility index (Phi) is 10.7. The van der Waals surface area contributed by atoms with Gasteiger partial charge in [-0.3, -0.25) is 19.3 Å². The topological polar surface area (TPSA) is 151 Å². The molecule has 12 heteroatoms. The summed E-state index contributed by atoms with van der Waals surface area (Å²) in [7, 11) is 0. The minimum absolute atomic E-state index is 0.0477. The molecule has 2 aromatic carbocycles. The van der Waals surface area contributed by atoms with Gasteiger partial charge in [0.15, 0.2) is 5.69 Å². The summed E-state index contributed by atoms with van der Waals surface area (Å²) in [4.78, 5) is 62.9. The monoisotopic (exact) mass is 606 g/mol. The van der Waals surface area contributed by atoms with Crippen LogP contribution in [0.4, 0.5) is 4.79 Å². The molecule has 1 aliphatic rings. The number of nitrogens with zero attached hydrogens (tertiary/aromatic N) is 3. The Morgan fingerprint density at radius 2 is 1.73 bits per heavy atom. The number of hydrogen-bond acceptors (Lipinski definition) is 9. The fraction of sp³-hybridized carbons (Fsp3) is 0.406. The molecule has 1 aromatic heterocycles. The van der Waals surface area contributed by atoms with Gasteiger partial charge in [0, 0.05) is 13.1 Å². The van der Waals surface area contributed by atoms with Crippen molar-refractivity contribution < 1.29 is 33.7 Å². The number of aliphatic hydroxyl groups excluding tert-OH is 1. The van der Waals surface area contributed by atoms with Crippen LogP contribution in [0.5, 0.6) is 11.5 Å². The Labute approximate surface area is 255 Å². The van der Waals surface area contributed by atoms with Crippen molar-refractivity contribution in [3.63, 3.8) is 0 Å². The van der Waals surface area contributed by atoms with Crippen molar-refractivity contribution in [3.05, 3.63) is 88.1 Å². The lowest BCUT2D eigenvalue weighted by molar-refractivity contribution is -0.143. The minimum atomic E-state index is -0.982. The van der Waals surface area contributed by atoms with E-state index in [1.165, 1.54) is 9.80 Å². The predicted molar refractivity (Wildman–Crippen MR) is 160 cm³/mol. The van der Waals surface area contributed by atoms with Crippen LogP contribution in [0.25, 0.3) is 0 Å². The van der Waals surface area contributed by atoms with Gasteiger partial charge in [-0.15, -0.1) is 0 Å². The van der Waals surface area contributed by atoms with Gasteiger partial charge in [0.25, 0.3) is 11.5 Å². The number of aliphatic hydroxyl groups is 1. The van der Waals surface area contributed by atoms with Gasteiger partial charge in [-0.05, 0) is 51.3 Å². The molecule has 2 heterocycles. The van der Waals surface area contributed by atoms with Crippen LogP contribution in [0.3, 0.4) is 0 Å². The molecule has 0 bridgehead atoms. The summed E-state index contributed by atoms with van der Waals surface area (Å²) in [6.07, 6.45) is 0.491. The lowest BCUT2D eigenvalue weighted by atomic mass is 9.97.